The van der Waals surface area contributed by atoms with Crippen LogP contribution in [0.25, 0.3) is 0 Å². The fraction of sp³-hybridized carbons (Fsp3) is 0.619. The van der Waals surface area contributed by atoms with Crippen LogP contribution in [0.2, 0.25) is 0 Å². The number of hydrogen-bond acceptors (Lipinski definition) is 5. The second-order valence-corrected chi connectivity index (χ2v) is 10.6. The van der Waals surface area contributed by atoms with Gasteiger partial charge in [-0.05, 0) is 58.6 Å². The van der Waals surface area contributed by atoms with Crippen LogP contribution < -0.4 is 10.0 Å². The molecule has 1 saturated heterocycles. The van der Waals surface area contributed by atoms with Gasteiger partial charge in [-0.1, -0.05) is 24.3 Å². The Morgan fingerprint density at radius 1 is 1.20 bits per heavy atom. The Kier molecular flexibility index (Phi) is 7.87. The van der Waals surface area contributed by atoms with Crippen LogP contribution in [-0.2, 0) is 31.9 Å². The summed E-state index contributed by atoms with van der Waals surface area (Å²) in [6.07, 6.45) is 0.804. The molecule has 0 unspecified atom stereocenters. The Balaban J connectivity index is 2.03. The van der Waals surface area contributed by atoms with Gasteiger partial charge >= 0.3 is 6.09 Å². The first-order chi connectivity index (χ1) is 13.9. The van der Waals surface area contributed by atoms with Crippen LogP contribution >= 0.6 is 0 Å². The molecule has 1 aromatic carbocycles. The molecule has 168 valence electrons. The van der Waals surface area contributed by atoms with Gasteiger partial charge in [0.2, 0.25) is 15.9 Å². The molecule has 0 aromatic heterocycles. The number of carbonyl (C=O) groups excluding carboxylic acids is 2. The summed E-state index contributed by atoms with van der Waals surface area (Å²) in [5, 5.41) is 2.85. The average molecular weight is 440 g/mol. The van der Waals surface area contributed by atoms with Crippen LogP contribution in [0, 0.1) is 0 Å². The summed E-state index contributed by atoms with van der Waals surface area (Å²) in [7, 11) is -3.48. The van der Waals surface area contributed by atoms with Crippen molar-refractivity contribution in [2.75, 3.05) is 6.54 Å². The molecule has 0 aliphatic carbocycles. The number of amides is 2. The van der Waals surface area contributed by atoms with Crippen molar-refractivity contribution in [1.82, 2.24) is 14.9 Å². The first-order valence-electron chi connectivity index (χ1n) is 10.2. The van der Waals surface area contributed by atoms with Crippen LogP contribution in [0.3, 0.4) is 0 Å². The molecular formula is C21H33N3O5S. The van der Waals surface area contributed by atoms with E-state index in [9.17, 15) is 18.0 Å². The normalized spacial score (nSPS) is 17.3. The summed E-state index contributed by atoms with van der Waals surface area (Å²) < 4.78 is 32.5. The van der Waals surface area contributed by atoms with Gasteiger partial charge in [-0.15, -0.1) is 0 Å². The molecular weight excluding hydrogens is 406 g/mol. The van der Waals surface area contributed by atoms with Crippen LogP contribution in [0.5, 0.6) is 0 Å². The molecule has 8 nitrogen and oxygen atoms in total. The SMILES string of the molecule is CC(C)NS(=O)(=O)Cc1ccccc1CNC(=O)[C@@H]1CCCN1C(=O)OC(C)(C)C. The summed E-state index contributed by atoms with van der Waals surface area (Å²) >= 11 is 0. The number of sulfonamides is 1. The highest BCUT2D eigenvalue weighted by Gasteiger charge is 2.36. The van der Waals surface area contributed by atoms with Crippen molar-refractivity contribution in [3.05, 3.63) is 35.4 Å². The van der Waals surface area contributed by atoms with E-state index in [1.807, 2.05) is 0 Å². The molecule has 1 fully saturated rings. The largest absolute Gasteiger partial charge is 0.444 e. The third kappa shape index (κ3) is 7.28. The highest BCUT2D eigenvalue weighted by molar-refractivity contribution is 7.88. The molecule has 1 aliphatic rings. The van der Waals surface area contributed by atoms with Gasteiger partial charge in [0, 0.05) is 19.1 Å². The maximum atomic E-state index is 12.7. The Bertz CT molecular complexity index is 862. The van der Waals surface area contributed by atoms with Gasteiger partial charge in [-0.2, -0.15) is 0 Å². The van der Waals surface area contributed by atoms with Crippen molar-refractivity contribution in [3.63, 3.8) is 0 Å². The first-order valence-corrected chi connectivity index (χ1v) is 11.9. The average Bonchev–Trinajstić information content (AvgIpc) is 3.07. The predicted molar refractivity (Wildman–Crippen MR) is 115 cm³/mol. The van der Waals surface area contributed by atoms with Crippen molar-refractivity contribution in [2.45, 2.75) is 77.4 Å². The number of carbonyl (C=O) groups is 2. The number of nitrogens with one attached hydrogen (secondary N) is 2. The second kappa shape index (κ2) is 9.78. The minimum Gasteiger partial charge on any atom is -0.444 e. The summed E-state index contributed by atoms with van der Waals surface area (Å²) in [6, 6.07) is 6.33. The van der Waals surface area contributed by atoms with E-state index in [1.165, 1.54) is 4.90 Å². The molecule has 1 atom stereocenters. The van der Waals surface area contributed by atoms with E-state index in [4.69, 9.17) is 4.74 Å². The maximum absolute atomic E-state index is 12.7. The minimum atomic E-state index is -3.48. The van der Waals surface area contributed by atoms with Gasteiger partial charge in [0.15, 0.2) is 0 Å². The monoisotopic (exact) mass is 439 g/mol. The molecule has 2 rings (SSSR count). The minimum absolute atomic E-state index is 0.162. The molecule has 0 saturated carbocycles. The van der Waals surface area contributed by atoms with E-state index < -0.39 is 27.8 Å². The van der Waals surface area contributed by atoms with Gasteiger partial charge in [0.1, 0.15) is 11.6 Å². The topological polar surface area (TPSA) is 105 Å². The lowest BCUT2D eigenvalue weighted by Gasteiger charge is -2.28. The van der Waals surface area contributed by atoms with E-state index in [0.29, 0.717) is 18.5 Å². The van der Waals surface area contributed by atoms with Gasteiger partial charge < -0.3 is 10.1 Å². The van der Waals surface area contributed by atoms with Gasteiger partial charge in [0.25, 0.3) is 0 Å². The number of ether oxygens (including phenoxy) is 1. The van der Waals surface area contributed by atoms with Gasteiger partial charge in [0.05, 0.1) is 5.75 Å². The molecule has 0 bridgehead atoms. The Morgan fingerprint density at radius 2 is 1.83 bits per heavy atom. The lowest BCUT2D eigenvalue weighted by Crippen LogP contribution is -2.47. The number of rotatable bonds is 7. The summed E-state index contributed by atoms with van der Waals surface area (Å²) in [4.78, 5) is 26.6. The number of benzene rings is 1. The third-order valence-electron chi connectivity index (χ3n) is 4.52. The smallest absolute Gasteiger partial charge is 0.410 e. The van der Waals surface area contributed by atoms with Crippen LogP contribution in [0.4, 0.5) is 4.79 Å². The Labute approximate surface area is 179 Å². The standard InChI is InChI=1S/C21H33N3O5S/c1-15(2)23-30(27,28)14-17-10-7-6-9-16(17)13-22-19(25)18-11-8-12-24(18)20(26)29-21(3,4)5/h6-7,9-10,15,18,23H,8,11-14H2,1-5H3,(H,22,25)/t18-/m0/s1. The Hall–Kier alpha value is -2.13. The van der Waals surface area contributed by atoms with E-state index >= 15 is 0 Å². The van der Waals surface area contributed by atoms with E-state index in [-0.39, 0.29) is 24.2 Å². The number of nitrogens with zero attached hydrogens (tertiary/aromatic N) is 1. The summed E-state index contributed by atoms with van der Waals surface area (Å²) in [6.45, 7) is 9.55. The van der Waals surface area contributed by atoms with Crippen molar-refractivity contribution in [1.29, 1.82) is 0 Å². The van der Waals surface area contributed by atoms with Gasteiger partial charge in [-0.3, -0.25) is 9.69 Å². The molecule has 1 aliphatic heterocycles. The van der Waals surface area contributed by atoms with Crippen molar-refractivity contribution >= 4 is 22.0 Å². The van der Waals surface area contributed by atoms with E-state index in [2.05, 4.69) is 10.0 Å². The highest BCUT2D eigenvalue weighted by Crippen LogP contribution is 2.21. The summed E-state index contributed by atoms with van der Waals surface area (Å²) in [5.74, 6) is -0.429. The van der Waals surface area contributed by atoms with E-state index in [1.54, 1.807) is 58.9 Å². The van der Waals surface area contributed by atoms with Gasteiger partial charge in [-0.25, -0.2) is 17.9 Å². The number of likely N-dealkylation sites (tertiary alicyclic amines) is 1. The highest BCUT2D eigenvalue weighted by atomic mass is 32.2. The number of hydrogen-bond donors (Lipinski definition) is 2. The Morgan fingerprint density at radius 3 is 2.43 bits per heavy atom. The molecule has 9 heteroatoms. The lowest BCUT2D eigenvalue weighted by molar-refractivity contribution is -0.125. The maximum Gasteiger partial charge on any atom is 0.410 e. The van der Waals surface area contributed by atoms with E-state index in [0.717, 1.165) is 12.0 Å². The molecule has 1 aromatic rings. The first kappa shape index (κ1) is 24.1. The van der Waals surface area contributed by atoms with Crippen LogP contribution in [0.15, 0.2) is 24.3 Å². The second-order valence-electron chi connectivity index (χ2n) is 8.85. The fourth-order valence-corrected chi connectivity index (χ4v) is 4.85. The molecule has 1 heterocycles. The molecule has 2 N–H and O–H groups in total. The molecule has 0 spiro atoms. The molecule has 30 heavy (non-hydrogen) atoms. The fourth-order valence-electron chi connectivity index (χ4n) is 3.35. The van der Waals surface area contributed by atoms with Crippen molar-refractivity contribution < 1.29 is 22.7 Å². The van der Waals surface area contributed by atoms with Crippen molar-refractivity contribution in [3.8, 4) is 0 Å². The summed E-state index contributed by atoms with van der Waals surface area (Å²) in [5.41, 5.74) is 0.720. The zero-order chi connectivity index (χ0) is 22.5. The quantitative estimate of drug-likeness (QED) is 0.679. The van der Waals surface area contributed by atoms with Crippen molar-refractivity contribution in [2.24, 2.45) is 0 Å². The third-order valence-corrected chi connectivity index (χ3v) is 6.04. The van der Waals surface area contributed by atoms with Crippen LogP contribution in [-0.4, -0.2) is 49.5 Å². The predicted octanol–water partition coefficient (Wildman–Crippen LogP) is 2.53. The molecule has 2 amide bonds. The zero-order valence-electron chi connectivity index (χ0n) is 18.4. The lowest BCUT2D eigenvalue weighted by atomic mass is 10.1. The zero-order valence-corrected chi connectivity index (χ0v) is 19.2. The molecule has 0 radical (unpaired) electrons. The van der Waals surface area contributed by atoms with Crippen LogP contribution in [0.1, 0.15) is 58.6 Å².